The average Bonchev–Trinajstić information content (AvgIpc) is 2.27. The van der Waals surface area contributed by atoms with Crippen molar-refractivity contribution < 1.29 is 0 Å². The van der Waals surface area contributed by atoms with Crippen LogP contribution in [-0.2, 0) is 6.54 Å². The first-order chi connectivity index (χ1) is 8.13. The van der Waals surface area contributed by atoms with Crippen molar-refractivity contribution in [3.8, 4) is 0 Å². The van der Waals surface area contributed by atoms with Crippen molar-refractivity contribution in [1.82, 2.24) is 5.32 Å². The van der Waals surface area contributed by atoms with Crippen molar-refractivity contribution in [2.45, 2.75) is 57.5 Å². The minimum Gasteiger partial charge on any atom is -0.310 e. The summed E-state index contributed by atoms with van der Waals surface area (Å²) in [5.41, 5.74) is 4.10. The number of halogens is 1. The van der Waals surface area contributed by atoms with Gasteiger partial charge in [-0.2, -0.15) is 0 Å². The lowest BCUT2D eigenvalue weighted by Crippen LogP contribution is -2.32. The van der Waals surface area contributed by atoms with Gasteiger partial charge in [-0.05, 0) is 45.1 Å². The molecular formula is C15H22ClN. The minimum absolute atomic E-state index is 0.411. The van der Waals surface area contributed by atoms with Gasteiger partial charge in [0.2, 0.25) is 0 Å². The van der Waals surface area contributed by atoms with E-state index in [1.54, 1.807) is 0 Å². The van der Waals surface area contributed by atoms with Gasteiger partial charge in [0.1, 0.15) is 0 Å². The van der Waals surface area contributed by atoms with Crippen molar-refractivity contribution in [3.63, 3.8) is 0 Å². The number of nitrogens with one attached hydrogen (secondary N) is 1. The van der Waals surface area contributed by atoms with Crippen LogP contribution in [0.1, 0.15) is 42.4 Å². The van der Waals surface area contributed by atoms with Crippen LogP contribution in [0.2, 0.25) is 0 Å². The molecule has 0 heterocycles. The molecule has 0 bridgehead atoms. The van der Waals surface area contributed by atoms with Gasteiger partial charge in [0.15, 0.2) is 0 Å². The molecule has 1 aromatic rings. The monoisotopic (exact) mass is 251 g/mol. The lowest BCUT2D eigenvalue weighted by atomic mass is 9.95. The number of rotatable bonds is 3. The molecule has 0 radical (unpaired) electrons. The number of hydrogen-bond donors (Lipinski definition) is 1. The number of hydrogen-bond acceptors (Lipinski definition) is 1. The summed E-state index contributed by atoms with van der Waals surface area (Å²) in [5.74, 6) is 0. The third kappa shape index (κ3) is 4.01. The first-order valence-corrected chi connectivity index (χ1v) is 7.02. The van der Waals surface area contributed by atoms with Crippen LogP contribution in [0, 0.1) is 13.8 Å². The number of benzene rings is 1. The molecule has 1 aromatic carbocycles. The maximum absolute atomic E-state index is 6.11. The van der Waals surface area contributed by atoms with E-state index in [2.05, 4.69) is 37.4 Å². The number of aryl methyl sites for hydroxylation is 2. The Bertz CT molecular complexity index is 347. The highest BCUT2D eigenvalue weighted by Crippen LogP contribution is 2.23. The molecule has 1 fully saturated rings. The van der Waals surface area contributed by atoms with Crippen molar-refractivity contribution in [2.75, 3.05) is 0 Å². The Hall–Kier alpha value is -0.530. The van der Waals surface area contributed by atoms with Gasteiger partial charge >= 0.3 is 0 Å². The zero-order valence-corrected chi connectivity index (χ0v) is 11.6. The van der Waals surface area contributed by atoms with Gasteiger partial charge < -0.3 is 5.32 Å². The van der Waals surface area contributed by atoms with E-state index in [4.69, 9.17) is 11.6 Å². The van der Waals surface area contributed by atoms with Crippen molar-refractivity contribution in [3.05, 3.63) is 34.9 Å². The molecular weight excluding hydrogens is 230 g/mol. The Morgan fingerprint density at radius 2 is 1.65 bits per heavy atom. The highest BCUT2D eigenvalue weighted by atomic mass is 35.5. The molecule has 2 heteroatoms. The normalized spacial score (nSPS) is 24.9. The van der Waals surface area contributed by atoms with Crippen LogP contribution in [0.25, 0.3) is 0 Å². The fraction of sp³-hybridized carbons (Fsp3) is 0.600. The van der Waals surface area contributed by atoms with Crippen LogP contribution >= 0.6 is 11.6 Å². The lowest BCUT2D eigenvalue weighted by Gasteiger charge is -2.26. The summed E-state index contributed by atoms with van der Waals surface area (Å²) in [6.45, 7) is 5.31. The fourth-order valence-electron chi connectivity index (χ4n) is 2.69. The van der Waals surface area contributed by atoms with Crippen LogP contribution in [-0.4, -0.2) is 11.4 Å². The highest BCUT2D eigenvalue weighted by molar-refractivity contribution is 6.20. The van der Waals surface area contributed by atoms with Gasteiger partial charge in [0.25, 0.3) is 0 Å². The van der Waals surface area contributed by atoms with Crippen LogP contribution in [0.4, 0.5) is 0 Å². The zero-order valence-electron chi connectivity index (χ0n) is 10.8. The summed E-state index contributed by atoms with van der Waals surface area (Å²) in [7, 11) is 0. The standard InChI is InChI=1S/C15H22ClN/c1-11-7-12(2)9-13(8-11)10-17-15-5-3-14(16)4-6-15/h7-9,14-15,17H,3-6,10H2,1-2H3. The molecule has 1 nitrogen and oxygen atoms in total. The molecule has 0 unspecified atom stereocenters. The van der Waals surface area contributed by atoms with E-state index in [-0.39, 0.29) is 0 Å². The minimum atomic E-state index is 0.411. The van der Waals surface area contributed by atoms with Gasteiger partial charge in [-0.25, -0.2) is 0 Å². The van der Waals surface area contributed by atoms with E-state index in [1.807, 2.05) is 0 Å². The number of alkyl halides is 1. The molecule has 17 heavy (non-hydrogen) atoms. The molecule has 94 valence electrons. The van der Waals surface area contributed by atoms with Gasteiger partial charge in [-0.3, -0.25) is 0 Å². The largest absolute Gasteiger partial charge is 0.310 e. The Kier molecular flexibility index (Phi) is 4.47. The lowest BCUT2D eigenvalue weighted by molar-refractivity contribution is 0.376. The maximum Gasteiger partial charge on any atom is 0.0337 e. The predicted molar refractivity (Wildman–Crippen MR) is 74.7 cm³/mol. The third-order valence-electron chi connectivity index (χ3n) is 3.53. The first-order valence-electron chi connectivity index (χ1n) is 6.58. The Labute approximate surface area is 110 Å². The fourth-order valence-corrected chi connectivity index (χ4v) is 2.94. The van der Waals surface area contributed by atoms with Crippen LogP contribution in [0.3, 0.4) is 0 Å². The topological polar surface area (TPSA) is 12.0 Å². The van der Waals surface area contributed by atoms with Crippen LogP contribution in [0.15, 0.2) is 18.2 Å². The molecule has 1 aliphatic carbocycles. The molecule has 0 spiro atoms. The van der Waals surface area contributed by atoms with Crippen molar-refractivity contribution >= 4 is 11.6 Å². The summed E-state index contributed by atoms with van der Waals surface area (Å²) in [6, 6.07) is 7.42. The van der Waals surface area contributed by atoms with E-state index in [9.17, 15) is 0 Å². The van der Waals surface area contributed by atoms with Gasteiger partial charge in [-0.15, -0.1) is 11.6 Å². The summed E-state index contributed by atoms with van der Waals surface area (Å²) < 4.78 is 0. The quantitative estimate of drug-likeness (QED) is 0.803. The maximum atomic E-state index is 6.11. The average molecular weight is 252 g/mol. The molecule has 0 aliphatic heterocycles. The second kappa shape index (κ2) is 5.88. The van der Waals surface area contributed by atoms with Crippen LogP contribution in [0.5, 0.6) is 0 Å². The molecule has 2 rings (SSSR count). The second-order valence-corrected chi connectivity index (χ2v) is 5.94. The zero-order chi connectivity index (χ0) is 12.3. The van der Waals surface area contributed by atoms with Gasteiger partial charge in [0.05, 0.1) is 0 Å². The Balaban J connectivity index is 1.85. The molecule has 1 N–H and O–H groups in total. The van der Waals surface area contributed by atoms with Gasteiger partial charge in [-0.1, -0.05) is 29.3 Å². The third-order valence-corrected chi connectivity index (χ3v) is 3.97. The highest BCUT2D eigenvalue weighted by Gasteiger charge is 2.18. The SMILES string of the molecule is Cc1cc(C)cc(CNC2CCC(Cl)CC2)c1. The summed E-state index contributed by atoms with van der Waals surface area (Å²) in [6.07, 6.45) is 4.76. The smallest absolute Gasteiger partial charge is 0.0337 e. The summed E-state index contributed by atoms with van der Waals surface area (Å²) >= 11 is 6.11. The first kappa shape index (κ1) is 12.9. The van der Waals surface area contributed by atoms with E-state index < -0.39 is 0 Å². The van der Waals surface area contributed by atoms with Crippen molar-refractivity contribution in [2.24, 2.45) is 0 Å². The second-order valence-electron chi connectivity index (χ2n) is 5.33. The molecule has 0 saturated heterocycles. The van der Waals surface area contributed by atoms with E-state index >= 15 is 0 Å². The Morgan fingerprint density at radius 1 is 1.06 bits per heavy atom. The van der Waals surface area contributed by atoms with E-state index in [1.165, 1.54) is 29.5 Å². The van der Waals surface area contributed by atoms with E-state index in [0.717, 1.165) is 19.4 Å². The van der Waals surface area contributed by atoms with Crippen LogP contribution < -0.4 is 5.32 Å². The molecule has 1 aliphatic rings. The predicted octanol–water partition coefficient (Wildman–Crippen LogP) is 3.94. The summed E-state index contributed by atoms with van der Waals surface area (Å²) in [4.78, 5) is 0. The molecule has 0 aromatic heterocycles. The molecule has 1 saturated carbocycles. The van der Waals surface area contributed by atoms with E-state index in [0.29, 0.717) is 11.4 Å². The molecule has 0 amide bonds. The molecule has 0 atom stereocenters. The summed E-state index contributed by atoms with van der Waals surface area (Å²) in [5, 5.41) is 4.07. The van der Waals surface area contributed by atoms with Crippen molar-refractivity contribution in [1.29, 1.82) is 0 Å². The Morgan fingerprint density at radius 3 is 2.24 bits per heavy atom. The van der Waals surface area contributed by atoms with Gasteiger partial charge in [0, 0.05) is 18.0 Å².